The Bertz CT molecular complexity index is 569. The Hall–Kier alpha value is -1.09. The molecule has 0 amide bonds. The summed E-state index contributed by atoms with van der Waals surface area (Å²) in [6.07, 6.45) is 3.50. The van der Waals surface area contributed by atoms with E-state index >= 15 is 0 Å². The van der Waals surface area contributed by atoms with Gasteiger partial charge in [-0.1, -0.05) is 54.5 Å². The molecule has 0 aliphatic rings. The first kappa shape index (κ1) is 32.1. The van der Waals surface area contributed by atoms with Crippen LogP contribution in [0, 0.1) is 12.7 Å². The fraction of sp³-hybridized carbons (Fsp3) is 0.538. The number of nitrogens with zero attached hydrogens (tertiary/aromatic N) is 4. The molecule has 0 atom stereocenters. The summed E-state index contributed by atoms with van der Waals surface area (Å²) < 4.78 is 0. The van der Waals surface area contributed by atoms with Crippen LogP contribution in [0.3, 0.4) is 0 Å². The van der Waals surface area contributed by atoms with Crippen LogP contribution < -0.4 is 0 Å². The number of pyridine rings is 1. The first-order valence-electron chi connectivity index (χ1n) is 11.0. The van der Waals surface area contributed by atoms with Crippen LogP contribution in [0.4, 0.5) is 0 Å². The molecule has 0 aliphatic carbocycles. The Morgan fingerprint density at radius 3 is 1.74 bits per heavy atom. The normalized spacial score (nSPS) is 10.7. The second kappa shape index (κ2) is 19.6. The summed E-state index contributed by atoms with van der Waals surface area (Å²) in [6.45, 7) is 20.0. The molecule has 0 bridgehead atoms. The minimum atomic E-state index is 0. The van der Waals surface area contributed by atoms with Gasteiger partial charge >= 0.3 is 0 Å². The van der Waals surface area contributed by atoms with E-state index in [1.165, 1.54) is 5.56 Å². The van der Waals surface area contributed by atoms with E-state index in [1.807, 2.05) is 36.4 Å². The van der Waals surface area contributed by atoms with E-state index in [2.05, 4.69) is 101 Å². The van der Waals surface area contributed by atoms with Gasteiger partial charge in [-0.3, -0.25) is 4.98 Å². The van der Waals surface area contributed by atoms with E-state index in [1.54, 1.807) is 12.4 Å². The van der Waals surface area contributed by atoms with Gasteiger partial charge in [-0.25, -0.2) is 6.67 Å². The maximum atomic E-state index is 3.78. The summed E-state index contributed by atoms with van der Waals surface area (Å²) >= 11 is 0. The van der Waals surface area contributed by atoms with Gasteiger partial charge in [-0.2, -0.15) is 30.3 Å². The Morgan fingerprint density at radius 1 is 0.871 bits per heavy atom. The smallest absolute Gasteiger partial charge is 0.0267 e. The Labute approximate surface area is 206 Å². The van der Waals surface area contributed by atoms with E-state index in [9.17, 15) is 0 Å². The van der Waals surface area contributed by atoms with Crippen molar-refractivity contribution in [1.82, 2.24) is 19.7 Å². The zero-order valence-electron chi connectivity index (χ0n) is 21.0. The number of rotatable bonds is 8. The van der Waals surface area contributed by atoms with Gasteiger partial charge in [0.05, 0.1) is 0 Å². The minimum absolute atomic E-state index is 0. The average molecular weight is 519 g/mol. The third-order valence-electron chi connectivity index (χ3n) is 4.33. The van der Waals surface area contributed by atoms with Crippen molar-refractivity contribution in [2.75, 3.05) is 20.6 Å². The molecule has 1 aromatic carbocycles. The molecule has 2 rings (SSSR count). The number of aromatic nitrogens is 1. The SMILES string of the molecule is CCN([CH-]N(C(C)C)C(C)C)C(C)C.CN(C)Cc1[c-]cccc1.[Pd].c1ccncc1. The summed E-state index contributed by atoms with van der Waals surface area (Å²) in [7, 11) is 4.11. The molecule has 180 valence electrons. The van der Waals surface area contributed by atoms with E-state index < -0.39 is 0 Å². The van der Waals surface area contributed by atoms with Crippen LogP contribution >= 0.6 is 0 Å². The topological polar surface area (TPSA) is 22.6 Å². The van der Waals surface area contributed by atoms with E-state index in [4.69, 9.17) is 0 Å². The van der Waals surface area contributed by atoms with Gasteiger partial charge in [-0.05, 0) is 50.9 Å². The average Bonchev–Trinajstić information content (AvgIpc) is 2.70. The molecule has 0 N–H and O–H groups in total. The van der Waals surface area contributed by atoms with Crippen molar-refractivity contribution in [1.29, 1.82) is 0 Å². The fourth-order valence-electron chi connectivity index (χ4n) is 2.80. The summed E-state index contributed by atoms with van der Waals surface area (Å²) in [5, 5.41) is 0. The van der Waals surface area contributed by atoms with Gasteiger partial charge in [0.15, 0.2) is 0 Å². The summed E-state index contributed by atoms with van der Waals surface area (Å²) in [5.41, 5.74) is 1.24. The van der Waals surface area contributed by atoms with Crippen LogP contribution in [0.15, 0.2) is 54.9 Å². The van der Waals surface area contributed by atoms with Crippen molar-refractivity contribution >= 4 is 0 Å². The molecular formula is C26H44N4Pd-2. The molecule has 0 saturated heterocycles. The van der Waals surface area contributed by atoms with Gasteiger partial charge in [0, 0.05) is 39.4 Å². The van der Waals surface area contributed by atoms with E-state index in [0.717, 1.165) is 13.1 Å². The molecular weight excluding hydrogens is 475 g/mol. The predicted molar refractivity (Wildman–Crippen MR) is 131 cm³/mol. The van der Waals surface area contributed by atoms with Gasteiger partial charge in [0.25, 0.3) is 0 Å². The Kier molecular flexibility index (Phi) is 20.3. The molecule has 1 heterocycles. The Morgan fingerprint density at radius 2 is 1.45 bits per heavy atom. The zero-order chi connectivity index (χ0) is 22.9. The van der Waals surface area contributed by atoms with Gasteiger partial charge in [0.1, 0.15) is 0 Å². The van der Waals surface area contributed by atoms with Crippen molar-refractivity contribution in [3.05, 3.63) is 73.2 Å². The molecule has 5 heteroatoms. The Balaban J connectivity index is 0. The molecule has 0 aliphatic heterocycles. The molecule has 4 nitrogen and oxygen atoms in total. The van der Waals surface area contributed by atoms with Gasteiger partial charge in [-0.15, -0.1) is 5.56 Å². The van der Waals surface area contributed by atoms with E-state index in [-0.39, 0.29) is 20.4 Å². The van der Waals surface area contributed by atoms with Crippen LogP contribution in [-0.4, -0.2) is 58.4 Å². The second-order valence-corrected chi connectivity index (χ2v) is 8.32. The standard InChI is InChI=1S/C12H27N2.C9H12N.C5H5N.Pd/c1-8-13(10(2)3)9-14(11(4)5)12(6)7;1-10(2)8-9-6-4-3-5-7-9;1-2-4-6-5-3-1;/h9-12H,8H2,1-7H3;3-6H,8H2,1-2H3;1-5H;/q2*-1;;. The third kappa shape index (κ3) is 17.2. The number of hydrogen-bond donors (Lipinski definition) is 0. The molecule has 0 fully saturated rings. The first-order chi connectivity index (χ1) is 14.2. The van der Waals surface area contributed by atoms with Crippen LogP contribution in [0.1, 0.15) is 54.0 Å². The summed E-state index contributed by atoms with van der Waals surface area (Å²) in [4.78, 5) is 10.7. The van der Waals surface area contributed by atoms with E-state index in [0.29, 0.717) is 18.1 Å². The van der Waals surface area contributed by atoms with Crippen molar-refractivity contribution in [3.63, 3.8) is 0 Å². The predicted octanol–water partition coefficient (Wildman–Crippen LogP) is 5.58. The molecule has 31 heavy (non-hydrogen) atoms. The number of benzene rings is 1. The van der Waals surface area contributed by atoms with Gasteiger partial charge in [0.2, 0.25) is 0 Å². The summed E-state index contributed by atoms with van der Waals surface area (Å²) in [6, 6.07) is 18.6. The summed E-state index contributed by atoms with van der Waals surface area (Å²) in [5.74, 6) is 0. The quantitative estimate of drug-likeness (QED) is 0.336. The third-order valence-corrected chi connectivity index (χ3v) is 4.33. The van der Waals surface area contributed by atoms with Crippen molar-refractivity contribution in [2.45, 2.75) is 73.1 Å². The second-order valence-electron chi connectivity index (χ2n) is 8.32. The zero-order valence-corrected chi connectivity index (χ0v) is 22.6. The van der Waals surface area contributed by atoms with Crippen molar-refractivity contribution in [3.8, 4) is 0 Å². The number of hydrogen-bond acceptors (Lipinski definition) is 4. The molecule has 0 saturated carbocycles. The minimum Gasteiger partial charge on any atom is -0.441 e. The maximum Gasteiger partial charge on any atom is 0.0267 e. The van der Waals surface area contributed by atoms with Crippen LogP contribution in [0.25, 0.3) is 0 Å². The van der Waals surface area contributed by atoms with Crippen LogP contribution in [-0.2, 0) is 27.0 Å². The largest absolute Gasteiger partial charge is 0.441 e. The molecule has 0 radical (unpaired) electrons. The molecule has 0 spiro atoms. The van der Waals surface area contributed by atoms with Crippen LogP contribution in [0.5, 0.6) is 0 Å². The monoisotopic (exact) mass is 518 g/mol. The fourth-order valence-corrected chi connectivity index (χ4v) is 2.80. The maximum absolute atomic E-state index is 3.78. The first-order valence-corrected chi connectivity index (χ1v) is 11.0. The molecule has 1 aromatic heterocycles. The molecule has 0 unspecified atom stereocenters. The van der Waals surface area contributed by atoms with Crippen LogP contribution in [0.2, 0.25) is 0 Å². The van der Waals surface area contributed by atoms with Crippen molar-refractivity contribution < 1.29 is 20.4 Å². The van der Waals surface area contributed by atoms with Crippen molar-refractivity contribution in [2.24, 2.45) is 0 Å². The van der Waals surface area contributed by atoms with Gasteiger partial charge < -0.3 is 14.7 Å². The molecule has 2 aromatic rings.